The molecule has 2 aliphatic rings. The van der Waals surface area contributed by atoms with E-state index < -0.39 is 0 Å². The number of rotatable bonds is 4. The second-order valence-electron chi connectivity index (χ2n) is 6.00. The third kappa shape index (κ3) is 3.60. The molecule has 2 fully saturated rings. The zero-order valence-electron chi connectivity index (χ0n) is 12.1. The molecule has 0 radical (unpaired) electrons. The summed E-state index contributed by atoms with van der Waals surface area (Å²) in [5, 5.41) is 6.19. The van der Waals surface area contributed by atoms with Crippen LogP contribution in [0.3, 0.4) is 0 Å². The first kappa shape index (κ1) is 14.5. The van der Waals surface area contributed by atoms with Crippen molar-refractivity contribution in [2.24, 2.45) is 5.92 Å². The molecule has 2 saturated heterocycles. The Balaban J connectivity index is 1.45. The number of carbonyl (C=O) groups is 1. The molecule has 4 nitrogen and oxygen atoms in total. The minimum atomic E-state index is -0.387. The Morgan fingerprint density at radius 2 is 2.24 bits per heavy atom. The third-order valence-corrected chi connectivity index (χ3v) is 4.48. The van der Waals surface area contributed by atoms with Crippen LogP contribution in [0.25, 0.3) is 0 Å². The highest BCUT2D eigenvalue weighted by Crippen LogP contribution is 2.24. The predicted molar refractivity (Wildman–Crippen MR) is 80.6 cm³/mol. The van der Waals surface area contributed by atoms with Gasteiger partial charge in [0.15, 0.2) is 0 Å². The predicted octanol–water partition coefficient (Wildman–Crippen LogP) is 1.84. The molecule has 2 heterocycles. The summed E-state index contributed by atoms with van der Waals surface area (Å²) in [7, 11) is 0. The number of carbonyl (C=O) groups excluding carboxylic acids is 1. The lowest BCUT2D eigenvalue weighted by atomic mass is 9.94. The van der Waals surface area contributed by atoms with Crippen LogP contribution in [0.15, 0.2) is 24.3 Å². The maximum atomic E-state index is 13.5. The molecule has 114 valence electrons. The van der Waals surface area contributed by atoms with Crippen molar-refractivity contribution in [2.45, 2.75) is 25.3 Å². The number of piperidine rings is 1. The number of hydrogen-bond acceptors (Lipinski definition) is 3. The molecule has 0 aliphatic carbocycles. The number of likely N-dealkylation sites (tertiary alicyclic amines) is 1. The number of para-hydroxylation sites is 1. The molecular formula is C16H22FN3O. The third-order valence-electron chi connectivity index (χ3n) is 4.48. The Morgan fingerprint density at radius 3 is 3.05 bits per heavy atom. The van der Waals surface area contributed by atoms with Crippen LogP contribution in [0, 0.1) is 11.7 Å². The van der Waals surface area contributed by atoms with Gasteiger partial charge in [0.05, 0.1) is 5.69 Å². The first-order valence-corrected chi connectivity index (χ1v) is 7.72. The van der Waals surface area contributed by atoms with E-state index in [2.05, 4.69) is 15.5 Å². The molecule has 5 heteroatoms. The van der Waals surface area contributed by atoms with Crippen LogP contribution in [0.5, 0.6) is 0 Å². The summed E-state index contributed by atoms with van der Waals surface area (Å²) in [5.41, 5.74) is 0.263. The molecule has 21 heavy (non-hydrogen) atoms. The van der Waals surface area contributed by atoms with E-state index in [1.807, 2.05) is 0 Å². The minimum absolute atomic E-state index is 0.122. The number of halogens is 1. The van der Waals surface area contributed by atoms with Crippen LogP contribution in [0.1, 0.15) is 19.3 Å². The molecule has 2 atom stereocenters. The van der Waals surface area contributed by atoms with Gasteiger partial charge in [0.25, 0.3) is 0 Å². The quantitative estimate of drug-likeness (QED) is 0.889. The molecule has 0 bridgehead atoms. The maximum absolute atomic E-state index is 13.5. The summed E-state index contributed by atoms with van der Waals surface area (Å²) in [6, 6.07) is 6.86. The van der Waals surface area contributed by atoms with Crippen molar-refractivity contribution in [1.29, 1.82) is 0 Å². The van der Waals surface area contributed by atoms with Crippen molar-refractivity contribution < 1.29 is 9.18 Å². The van der Waals surface area contributed by atoms with Gasteiger partial charge < -0.3 is 15.5 Å². The average Bonchev–Trinajstić information content (AvgIpc) is 2.90. The topological polar surface area (TPSA) is 44.4 Å². The number of anilines is 1. The average molecular weight is 291 g/mol. The Morgan fingerprint density at radius 1 is 1.38 bits per heavy atom. The minimum Gasteiger partial charge on any atom is -0.324 e. The van der Waals surface area contributed by atoms with Gasteiger partial charge in [-0.25, -0.2) is 4.39 Å². The van der Waals surface area contributed by atoms with Crippen molar-refractivity contribution in [3.63, 3.8) is 0 Å². The summed E-state index contributed by atoms with van der Waals surface area (Å²) >= 11 is 0. The zero-order valence-corrected chi connectivity index (χ0v) is 12.1. The number of benzene rings is 1. The van der Waals surface area contributed by atoms with Crippen molar-refractivity contribution in [2.75, 3.05) is 31.5 Å². The van der Waals surface area contributed by atoms with Gasteiger partial charge in [-0.1, -0.05) is 12.1 Å². The Hall–Kier alpha value is -1.46. The largest absolute Gasteiger partial charge is 0.324 e. The van der Waals surface area contributed by atoms with E-state index in [-0.39, 0.29) is 17.4 Å². The number of amides is 1. The second kappa shape index (κ2) is 6.54. The Bertz CT molecular complexity index is 494. The van der Waals surface area contributed by atoms with E-state index >= 15 is 0 Å². The Labute approximate surface area is 124 Å². The summed E-state index contributed by atoms with van der Waals surface area (Å²) in [6.45, 7) is 3.96. The smallest absolute Gasteiger partial charge is 0.225 e. The van der Waals surface area contributed by atoms with Crippen LogP contribution in [-0.4, -0.2) is 43.0 Å². The first-order valence-electron chi connectivity index (χ1n) is 7.72. The lowest BCUT2D eigenvalue weighted by Crippen LogP contribution is -2.40. The van der Waals surface area contributed by atoms with Crippen molar-refractivity contribution in [1.82, 2.24) is 10.2 Å². The van der Waals surface area contributed by atoms with E-state index in [1.54, 1.807) is 18.2 Å². The van der Waals surface area contributed by atoms with Crippen LogP contribution in [0.2, 0.25) is 0 Å². The van der Waals surface area contributed by atoms with Crippen molar-refractivity contribution >= 4 is 11.6 Å². The number of hydrogen-bond donors (Lipinski definition) is 2. The highest BCUT2D eigenvalue weighted by Gasteiger charge is 2.33. The standard InChI is InChI=1S/C16H22FN3O/c17-13-5-1-2-6-14(13)19-16(21)7-9-20-10-12-4-3-8-18-15(12)11-20/h1-2,5-6,12,15,18H,3-4,7-11H2,(H,19,21). The molecule has 0 saturated carbocycles. The molecule has 1 aromatic carbocycles. The molecule has 2 N–H and O–H groups in total. The zero-order chi connectivity index (χ0) is 14.7. The van der Waals surface area contributed by atoms with Gasteiger partial charge in [-0.15, -0.1) is 0 Å². The maximum Gasteiger partial charge on any atom is 0.225 e. The summed E-state index contributed by atoms with van der Waals surface area (Å²) in [6.07, 6.45) is 2.95. The fourth-order valence-electron chi connectivity index (χ4n) is 3.35. The van der Waals surface area contributed by atoms with Gasteiger partial charge in [0.2, 0.25) is 5.91 Å². The van der Waals surface area contributed by atoms with Crippen LogP contribution in [-0.2, 0) is 4.79 Å². The second-order valence-corrected chi connectivity index (χ2v) is 6.00. The summed E-state index contributed by atoms with van der Waals surface area (Å²) in [5.74, 6) is 0.221. The van der Waals surface area contributed by atoms with Crippen molar-refractivity contribution in [3.8, 4) is 0 Å². The molecular weight excluding hydrogens is 269 g/mol. The van der Waals surface area contributed by atoms with Crippen LogP contribution in [0.4, 0.5) is 10.1 Å². The lowest BCUT2D eigenvalue weighted by molar-refractivity contribution is -0.116. The van der Waals surface area contributed by atoms with Crippen LogP contribution >= 0.6 is 0 Å². The normalized spacial score (nSPS) is 25.6. The highest BCUT2D eigenvalue weighted by molar-refractivity contribution is 5.90. The number of nitrogens with one attached hydrogen (secondary N) is 2. The van der Waals surface area contributed by atoms with Gasteiger partial charge in [0.1, 0.15) is 5.82 Å². The first-order chi connectivity index (χ1) is 10.2. The lowest BCUT2D eigenvalue weighted by Gasteiger charge is -2.24. The van der Waals surface area contributed by atoms with Gasteiger partial charge >= 0.3 is 0 Å². The van der Waals surface area contributed by atoms with Gasteiger partial charge in [-0.05, 0) is 37.4 Å². The van der Waals surface area contributed by atoms with Gasteiger partial charge in [0, 0.05) is 32.1 Å². The molecule has 1 amide bonds. The monoisotopic (exact) mass is 291 g/mol. The van der Waals surface area contributed by atoms with Crippen molar-refractivity contribution in [3.05, 3.63) is 30.1 Å². The van der Waals surface area contributed by atoms with E-state index in [0.717, 1.165) is 32.1 Å². The molecule has 2 unspecified atom stereocenters. The van der Waals surface area contributed by atoms with Gasteiger partial charge in [-0.2, -0.15) is 0 Å². The number of fused-ring (bicyclic) bond motifs is 1. The fraction of sp³-hybridized carbons (Fsp3) is 0.562. The van der Waals surface area contributed by atoms with E-state index in [9.17, 15) is 9.18 Å². The Kier molecular flexibility index (Phi) is 4.51. The molecule has 0 spiro atoms. The molecule has 3 rings (SSSR count). The van der Waals surface area contributed by atoms with Crippen LogP contribution < -0.4 is 10.6 Å². The number of nitrogens with zero attached hydrogens (tertiary/aromatic N) is 1. The van der Waals surface area contributed by atoms with E-state index in [4.69, 9.17) is 0 Å². The SMILES string of the molecule is O=C(CCN1CC2CCCNC2C1)Nc1ccccc1F. The van der Waals surface area contributed by atoms with E-state index in [0.29, 0.717) is 12.5 Å². The molecule has 2 aliphatic heterocycles. The summed E-state index contributed by atoms with van der Waals surface area (Å²) < 4.78 is 13.5. The highest BCUT2D eigenvalue weighted by atomic mass is 19.1. The van der Waals surface area contributed by atoms with E-state index in [1.165, 1.54) is 18.9 Å². The summed E-state index contributed by atoms with van der Waals surface area (Å²) in [4.78, 5) is 14.3. The molecule has 0 aromatic heterocycles. The molecule has 1 aromatic rings. The van der Waals surface area contributed by atoms with Gasteiger partial charge in [-0.3, -0.25) is 4.79 Å². The fourth-order valence-corrected chi connectivity index (χ4v) is 3.35.